The van der Waals surface area contributed by atoms with Crippen LogP contribution in [0.1, 0.15) is 49.1 Å². The topological polar surface area (TPSA) is 54.6 Å². The average molecular weight is 421 g/mol. The quantitative estimate of drug-likeness (QED) is 0.427. The van der Waals surface area contributed by atoms with E-state index in [-0.39, 0.29) is 17.3 Å². The van der Waals surface area contributed by atoms with Gasteiger partial charge in [0.05, 0.1) is 5.71 Å². The van der Waals surface area contributed by atoms with Gasteiger partial charge in [-0.25, -0.2) is 4.39 Å². The number of pyridine rings is 1. The minimum absolute atomic E-state index is 0.0614. The van der Waals surface area contributed by atoms with E-state index in [2.05, 4.69) is 21.1 Å². The lowest BCUT2D eigenvalue weighted by molar-refractivity contribution is 0.315. The predicted octanol–water partition coefficient (Wildman–Crippen LogP) is 4.83. The van der Waals surface area contributed by atoms with Crippen LogP contribution in [0.15, 0.2) is 51.0 Å². The third-order valence-electron chi connectivity index (χ3n) is 5.28. The van der Waals surface area contributed by atoms with E-state index in [1.165, 1.54) is 16.7 Å². The highest BCUT2D eigenvalue weighted by Crippen LogP contribution is 2.41. The molecule has 1 aromatic carbocycles. The van der Waals surface area contributed by atoms with Gasteiger partial charge in [-0.15, -0.1) is 0 Å². The molecule has 1 N–H and O–H groups in total. The number of rotatable bonds is 5. The number of benzene rings is 1. The van der Waals surface area contributed by atoms with Crippen molar-refractivity contribution in [3.8, 4) is 0 Å². The Morgan fingerprint density at radius 1 is 1.35 bits per heavy atom. The highest BCUT2D eigenvalue weighted by molar-refractivity contribution is 9.10. The molecule has 1 atom stereocenters. The van der Waals surface area contributed by atoms with E-state index in [0.29, 0.717) is 33.7 Å². The molecule has 26 heavy (non-hydrogen) atoms. The van der Waals surface area contributed by atoms with E-state index >= 15 is 0 Å². The van der Waals surface area contributed by atoms with Crippen LogP contribution < -0.4 is 5.56 Å². The summed E-state index contributed by atoms with van der Waals surface area (Å²) in [6.45, 7) is 0. The Labute approximate surface area is 160 Å². The summed E-state index contributed by atoms with van der Waals surface area (Å²) >= 11 is 3.31. The van der Waals surface area contributed by atoms with Crippen LogP contribution in [0, 0.1) is 11.7 Å². The Hall–Kier alpha value is -1.95. The number of oxime groups is 1. The van der Waals surface area contributed by atoms with Crippen LogP contribution in [-0.4, -0.2) is 15.5 Å². The van der Waals surface area contributed by atoms with E-state index in [4.69, 9.17) is 0 Å². The molecule has 0 amide bonds. The first-order valence-corrected chi connectivity index (χ1v) is 9.62. The lowest BCUT2D eigenvalue weighted by Crippen LogP contribution is -2.20. The second kappa shape index (κ2) is 8.16. The fraction of sp³-hybridized carbons (Fsp3) is 0.400. The lowest BCUT2D eigenvalue weighted by Gasteiger charge is -2.25. The van der Waals surface area contributed by atoms with Crippen molar-refractivity contribution in [1.82, 2.24) is 4.57 Å². The van der Waals surface area contributed by atoms with Crippen LogP contribution in [0.4, 0.5) is 4.39 Å². The van der Waals surface area contributed by atoms with Crippen LogP contribution in [0.5, 0.6) is 0 Å². The van der Waals surface area contributed by atoms with Crippen LogP contribution >= 0.6 is 15.9 Å². The summed E-state index contributed by atoms with van der Waals surface area (Å²) in [4.78, 5) is 11.6. The van der Waals surface area contributed by atoms with Crippen molar-refractivity contribution in [2.24, 2.45) is 18.1 Å². The summed E-state index contributed by atoms with van der Waals surface area (Å²) in [5, 5.41) is 13.1. The zero-order chi connectivity index (χ0) is 18.7. The van der Waals surface area contributed by atoms with Gasteiger partial charge >= 0.3 is 0 Å². The smallest absolute Gasteiger partial charge is 0.250 e. The Kier molecular flexibility index (Phi) is 5.91. The molecule has 6 heteroatoms. The van der Waals surface area contributed by atoms with E-state index in [1.54, 1.807) is 19.3 Å². The number of halogens is 2. The standard InChI is InChI=1S/C20H22BrFN2O2/c1-24-12-14(6-9-20(24)25)19(23-26)11-17(13-4-2-3-5-13)16-8-7-15(21)10-18(16)22/h6-10,12-13,17,26H,2-5,11H2,1H3. The normalized spacial score (nSPS) is 16.8. The predicted molar refractivity (Wildman–Crippen MR) is 103 cm³/mol. The first-order chi connectivity index (χ1) is 12.5. The third-order valence-corrected chi connectivity index (χ3v) is 5.78. The largest absolute Gasteiger partial charge is 0.411 e. The Morgan fingerprint density at radius 2 is 2.08 bits per heavy atom. The number of aromatic nitrogens is 1. The molecule has 0 aliphatic heterocycles. The van der Waals surface area contributed by atoms with Gasteiger partial charge in [0, 0.05) is 35.8 Å². The van der Waals surface area contributed by atoms with E-state index in [0.717, 1.165) is 25.7 Å². The molecule has 1 heterocycles. The van der Waals surface area contributed by atoms with E-state index in [1.807, 2.05) is 12.1 Å². The zero-order valence-electron chi connectivity index (χ0n) is 14.7. The van der Waals surface area contributed by atoms with Crippen LogP contribution in [0.2, 0.25) is 0 Å². The molecule has 3 rings (SSSR count). The Balaban J connectivity index is 1.96. The maximum absolute atomic E-state index is 14.7. The van der Waals surface area contributed by atoms with Crippen LogP contribution in [0.25, 0.3) is 0 Å². The van der Waals surface area contributed by atoms with Crippen molar-refractivity contribution in [3.63, 3.8) is 0 Å². The average Bonchev–Trinajstić information content (AvgIpc) is 3.14. The van der Waals surface area contributed by atoms with E-state index < -0.39 is 0 Å². The molecular formula is C20H22BrFN2O2. The van der Waals surface area contributed by atoms with Gasteiger partial charge in [0.25, 0.3) is 0 Å². The first-order valence-electron chi connectivity index (χ1n) is 8.82. The molecule has 0 radical (unpaired) electrons. The number of hydrogen-bond donors (Lipinski definition) is 1. The Morgan fingerprint density at radius 3 is 2.69 bits per heavy atom. The molecule has 1 aliphatic rings. The molecule has 0 bridgehead atoms. The highest BCUT2D eigenvalue weighted by atomic mass is 79.9. The van der Waals surface area contributed by atoms with Crippen LogP contribution in [-0.2, 0) is 7.05 Å². The van der Waals surface area contributed by atoms with Gasteiger partial charge in [0.1, 0.15) is 5.82 Å². The minimum atomic E-state index is -0.242. The second-order valence-corrected chi connectivity index (χ2v) is 7.85. The minimum Gasteiger partial charge on any atom is -0.411 e. The van der Waals surface area contributed by atoms with Gasteiger partial charge in [0.2, 0.25) is 5.56 Å². The van der Waals surface area contributed by atoms with Crippen molar-refractivity contribution in [1.29, 1.82) is 0 Å². The SMILES string of the molecule is Cn1cc(C(CC(c2ccc(Br)cc2F)C2CCCC2)=NO)ccc1=O. The van der Waals surface area contributed by atoms with Gasteiger partial charge in [-0.3, -0.25) is 4.79 Å². The second-order valence-electron chi connectivity index (χ2n) is 6.93. The van der Waals surface area contributed by atoms with E-state index in [9.17, 15) is 14.4 Å². The van der Waals surface area contributed by atoms with Crippen LogP contribution in [0.3, 0.4) is 0 Å². The fourth-order valence-electron chi connectivity index (χ4n) is 3.88. The number of hydrogen-bond acceptors (Lipinski definition) is 3. The molecule has 1 aromatic heterocycles. The van der Waals surface area contributed by atoms with Crippen molar-refractivity contribution >= 4 is 21.6 Å². The summed E-state index contributed by atoms with van der Waals surface area (Å²) in [5.41, 5.74) is 1.68. The van der Waals surface area contributed by atoms with Crippen molar-refractivity contribution in [2.75, 3.05) is 0 Å². The summed E-state index contributed by atoms with van der Waals surface area (Å²) < 4.78 is 16.8. The monoisotopic (exact) mass is 420 g/mol. The molecule has 0 spiro atoms. The van der Waals surface area contributed by atoms with Crippen molar-refractivity contribution in [3.05, 3.63) is 68.3 Å². The van der Waals surface area contributed by atoms with Gasteiger partial charge in [-0.1, -0.05) is 40.0 Å². The van der Waals surface area contributed by atoms with Gasteiger partial charge in [0.15, 0.2) is 0 Å². The molecular weight excluding hydrogens is 399 g/mol. The molecule has 1 aliphatic carbocycles. The van der Waals surface area contributed by atoms with Gasteiger partial charge < -0.3 is 9.77 Å². The summed E-state index contributed by atoms with van der Waals surface area (Å²) in [6, 6.07) is 8.26. The molecule has 1 unspecified atom stereocenters. The summed E-state index contributed by atoms with van der Waals surface area (Å²) in [6.07, 6.45) is 6.47. The van der Waals surface area contributed by atoms with Crippen molar-refractivity contribution < 1.29 is 9.60 Å². The summed E-state index contributed by atoms with van der Waals surface area (Å²) in [5.74, 6) is 0.0534. The maximum Gasteiger partial charge on any atom is 0.250 e. The zero-order valence-corrected chi connectivity index (χ0v) is 16.2. The fourth-order valence-corrected chi connectivity index (χ4v) is 4.22. The molecule has 138 valence electrons. The molecule has 0 saturated heterocycles. The molecule has 2 aromatic rings. The Bertz CT molecular complexity index is 872. The first kappa shape index (κ1) is 18.8. The van der Waals surface area contributed by atoms with Gasteiger partial charge in [-0.05, 0) is 48.4 Å². The number of nitrogens with zero attached hydrogens (tertiary/aromatic N) is 2. The lowest BCUT2D eigenvalue weighted by atomic mass is 9.80. The maximum atomic E-state index is 14.7. The number of aryl methyl sites for hydroxylation is 1. The molecule has 4 nitrogen and oxygen atoms in total. The summed E-state index contributed by atoms with van der Waals surface area (Å²) in [7, 11) is 1.66. The third kappa shape index (κ3) is 4.06. The van der Waals surface area contributed by atoms with Gasteiger partial charge in [-0.2, -0.15) is 0 Å². The van der Waals surface area contributed by atoms with Crippen molar-refractivity contribution in [2.45, 2.75) is 38.0 Å². The molecule has 1 saturated carbocycles. The highest BCUT2D eigenvalue weighted by Gasteiger charge is 2.30. The molecule has 1 fully saturated rings.